The summed E-state index contributed by atoms with van der Waals surface area (Å²) in [5.41, 5.74) is 0. The molecule has 0 fully saturated rings. The van der Waals surface area contributed by atoms with Gasteiger partial charge in [0.2, 0.25) is 0 Å². The number of rotatable bonds is 0. The van der Waals surface area contributed by atoms with E-state index in [1.807, 2.05) is 0 Å². The molecule has 1 nitrogen and oxygen atoms in total. The smallest absolute Gasteiger partial charge is 1.00 e. The zero-order chi connectivity index (χ0) is 2.71. The fraction of sp³-hybridized carbons (Fsp3) is 0. The molecule has 0 aromatic rings. The molecule has 0 amide bonds. The van der Waals surface area contributed by atoms with Crippen LogP contribution in [-0.4, -0.2) is 0 Å². The molecule has 0 heterocycles. The van der Waals surface area contributed by atoms with Crippen LogP contribution in [0, 0.1) is 10.7 Å². The maximum Gasteiger partial charge on any atom is 1.00 e. The molecule has 0 radical (unpaired) electrons. The molecule has 0 rings (SSSR count). The van der Waals surface area contributed by atoms with Crippen LogP contribution in [0.3, 0.4) is 0 Å². The van der Waals surface area contributed by atoms with Crippen molar-refractivity contribution >= 4 is 25.0 Å². The minimum absolute atomic E-state index is 0. The Bertz CT molecular complexity index is 37.0. The summed E-state index contributed by atoms with van der Waals surface area (Å²) in [6.07, 6.45) is 0. The molecular weight excluding hydrogens is 117 g/mol. The van der Waals surface area contributed by atoms with Gasteiger partial charge in [-0.05, 0) is 0 Å². The van der Waals surface area contributed by atoms with Crippen LogP contribution in [0.1, 0.15) is 1.43 Å². The predicted octanol–water partition coefficient (Wildman–Crippen LogP) is -2.06. The molecule has 0 unspecified atom stereocenters. The molecule has 0 bridgehead atoms. The third-order valence-electron chi connectivity index (χ3n) is 0. The molecule has 0 N–H and O–H groups in total. The fourth-order valence-corrected chi connectivity index (χ4v) is 0. The number of thiocyanates is 1. The molecule has 0 aromatic carbocycles. The van der Waals surface area contributed by atoms with E-state index in [9.17, 15) is 0 Å². The van der Waals surface area contributed by atoms with Gasteiger partial charge in [0.15, 0.2) is 0 Å². The Morgan fingerprint density at radius 1 is 1.80 bits per heavy atom. The first-order valence-corrected chi connectivity index (χ1v) is 0.894. The third kappa shape index (κ3) is 39.4. The molecule has 0 aromatic heterocycles. The largest absolute Gasteiger partial charge is 1.00 e. The maximum atomic E-state index is 7.18. The van der Waals surface area contributed by atoms with Gasteiger partial charge >= 0.3 is 29.6 Å². The van der Waals surface area contributed by atoms with Crippen LogP contribution in [0.15, 0.2) is 0 Å². The van der Waals surface area contributed by atoms with Crippen molar-refractivity contribution in [1.29, 1.82) is 5.26 Å². The van der Waals surface area contributed by atoms with Gasteiger partial charge in [0, 0.05) is 0 Å². The van der Waals surface area contributed by atoms with Gasteiger partial charge in [-0.1, -0.05) is 12.6 Å². The van der Waals surface area contributed by atoms with Gasteiger partial charge in [0.25, 0.3) is 0 Å². The summed E-state index contributed by atoms with van der Waals surface area (Å²) in [4.78, 5) is 0. The topological polar surface area (TPSA) is 23.8 Å². The SMILES string of the molecule is Cl.N#CS.[H-].[Na+]. The maximum absolute atomic E-state index is 7.18. The van der Waals surface area contributed by atoms with Gasteiger partial charge in [-0.3, -0.25) is 0 Å². The summed E-state index contributed by atoms with van der Waals surface area (Å²) in [6, 6.07) is 0. The first kappa shape index (κ1) is 16.5. The number of nitriles is 1. The van der Waals surface area contributed by atoms with Crippen molar-refractivity contribution in [3.63, 3.8) is 0 Å². The molecule has 4 heteroatoms. The summed E-state index contributed by atoms with van der Waals surface area (Å²) in [5, 5.41) is 8.63. The van der Waals surface area contributed by atoms with Crippen molar-refractivity contribution in [2.75, 3.05) is 0 Å². The van der Waals surface area contributed by atoms with Gasteiger partial charge in [-0.15, -0.1) is 12.4 Å². The number of thiol groups is 1. The first-order chi connectivity index (χ1) is 1.41. The minimum Gasteiger partial charge on any atom is -1.00 e. The Labute approximate surface area is 66.3 Å². The Hall–Kier alpha value is 1.13. The average Bonchev–Trinajstić information content (AvgIpc) is 0.918. The summed E-state index contributed by atoms with van der Waals surface area (Å²) in [6.45, 7) is 0. The summed E-state index contributed by atoms with van der Waals surface area (Å²) >= 11 is 3.09. The van der Waals surface area contributed by atoms with E-state index in [-0.39, 0.29) is 43.4 Å². The molecule has 0 aliphatic carbocycles. The zero-order valence-corrected chi connectivity index (χ0v) is 6.51. The predicted molar refractivity (Wildman–Crippen MR) is 23.0 cm³/mol. The number of hydrogen-bond donors (Lipinski definition) is 1. The number of halogens is 1. The van der Waals surface area contributed by atoms with E-state index in [1.165, 1.54) is 5.40 Å². The standard InChI is InChI=1S/CHNS.ClH.Na.H/c2-1-3;;;/h3H;1H;;/q;;+1;-1. The Morgan fingerprint density at radius 2 is 1.80 bits per heavy atom. The second kappa shape index (κ2) is 19.3. The molecule has 26 valence electrons. The molecule has 0 saturated heterocycles. The minimum atomic E-state index is 0. The van der Waals surface area contributed by atoms with Crippen molar-refractivity contribution in [2.24, 2.45) is 0 Å². The zero-order valence-electron chi connectivity index (χ0n) is 3.80. The van der Waals surface area contributed by atoms with E-state index >= 15 is 0 Å². The molecule has 0 aliphatic heterocycles. The molecule has 0 atom stereocenters. The van der Waals surface area contributed by atoms with Gasteiger partial charge in [-0.25, -0.2) is 0 Å². The van der Waals surface area contributed by atoms with Crippen LogP contribution in [0.25, 0.3) is 0 Å². The van der Waals surface area contributed by atoms with E-state index in [4.69, 9.17) is 5.26 Å². The molecule has 0 saturated carbocycles. The van der Waals surface area contributed by atoms with E-state index in [0.29, 0.717) is 0 Å². The normalized spacial score (nSPS) is 1.60. The summed E-state index contributed by atoms with van der Waals surface area (Å²) < 4.78 is 0. The fourth-order valence-electron chi connectivity index (χ4n) is 0. The van der Waals surface area contributed by atoms with Gasteiger partial charge in [0.05, 0.1) is 0 Å². The van der Waals surface area contributed by atoms with Crippen molar-refractivity contribution in [1.82, 2.24) is 0 Å². The molecular formula is CH3ClNNaS. The average molecular weight is 120 g/mol. The van der Waals surface area contributed by atoms with E-state index < -0.39 is 0 Å². The monoisotopic (exact) mass is 119 g/mol. The van der Waals surface area contributed by atoms with Crippen molar-refractivity contribution < 1.29 is 31.0 Å². The van der Waals surface area contributed by atoms with Crippen LogP contribution in [0.2, 0.25) is 0 Å². The Balaban J connectivity index is -0.00000000667. The number of hydrogen-bond acceptors (Lipinski definition) is 2. The van der Waals surface area contributed by atoms with Crippen LogP contribution in [-0.2, 0) is 0 Å². The van der Waals surface area contributed by atoms with Gasteiger partial charge in [-0.2, -0.15) is 5.26 Å². The van der Waals surface area contributed by atoms with Gasteiger partial charge < -0.3 is 1.43 Å². The third-order valence-corrected chi connectivity index (χ3v) is 0. The van der Waals surface area contributed by atoms with E-state index in [2.05, 4.69) is 12.6 Å². The van der Waals surface area contributed by atoms with Crippen LogP contribution >= 0.6 is 25.0 Å². The van der Waals surface area contributed by atoms with Gasteiger partial charge in [0.1, 0.15) is 5.40 Å². The van der Waals surface area contributed by atoms with E-state index in [1.54, 1.807) is 0 Å². The quantitative estimate of drug-likeness (QED) is 0.221. The van der Waals surface area contributed by atoms with Crippen molar-refractivity contribution in [3.8, 4) is 5.40 Å². The van der Waals surface area contributed by atoms with Crippen LogP contribution in [0.5, 0.6) is 0 Å². The number of nitrogens with zero attached hydrogens (tertiary/aromatic N) is 1. The second-order valence-electron chi connectivity index (χ2n) is 0.100. The summed E-state index contributed by atoms with van der Waals surface area (Å²) in [7, 11) is 0. The molecule has 5 heavy (non-hydrogen) atoms. The van der Waals surface area contributed by atoms with Crippen LogP contribution < -0.4 is 29.6 Å². The second-order valence-corrected chi connectivity index (χ2v) is 0.300. The summed E-state index contributed by atoms with van der Waals surface area (Å²) in [5.74, 6) is 0. The Kier molecular flexibility index (Phi) is 63.5. The molecule has 0 spiro atoms. The first-order valence-electron chi connectivity index (χ1n) is 0.447. The van der Waals surface area contributed by atoms with Crippen molar-refractivity contribution in [2.45, 2.75) is 0 Å². The van der Waals surface area contributed by atoms with Crippen LogP contribution in [0.4, 0.5) is 0 Å². The Morgan fingerprint density at radius 3 is 1.80 bits per heavy atom. The van der Waals surface area contributed by atoms with E-state index in [0.717, 1.165) is 0 Å². The van der Waals surface area contributed by atoms with Crippen molar-refractivity contribution in [3.05, 3.63) is 0 Å². The molecule has 0 aliphatic rings.